The van der Waals surface area contributed by atoms with Gasteiger partial charge in [0.15, 0.2) is 9.84 Å². The number of rotatable bonds is 6. The molecular weight excluding hydrogens is 321 g/mol. The first-order chi connectivity index (χ1) is 8.33. The van der Waals surface area contributed by atoms with Crippen LogP contribution in [0.3, 0.4) is 0 Å². The van der Waals surface area contributed by atoms with Gasteiger partial charge in [0.25, 0.3) is 0 Å². The highest BCUT2D eigenvalue weighted by molar-refractivity contribution is 9.10. The van der Waals surface area contributed by atoms with Crippen molar-refractivity contribution in [3.63, 3.8) is 0 Å². The Balaban J connectivity index is 2.46. The second-order valence-electron chi connectivity index (χ2n) is 4.33. The summed E-state index contributed by atoms with van der Waals surface area (Å²) in [6.07, 6.45) is 0. The van der Waals surface area contributed by atoms with Gasteiger partial charge in [0, 0.05) is 17.6 Å². The lowest BCUT2D eigenvalue weighted by atomic mass is 10.2. The largest absolute Gasteiger partial charge is 0.312 e. The first kappa shape index (κ1) is 15.6. The van der Waals surface area contributed by atoms with Crippen molar-refractivity contribution in [1.82, 2.24) is 5.32 Å². The summed E-state index contributed by atoms with van der Waals surface area (Å²) in [6, 6.07) is 4.43. The molecule has 1 aromatic rings. The van der Waals surface area contributed by atoms with Crippen molar-refractivity contribution in [3.8, 4) is 0 Å². The zero-order valence-electron chi connectivity index (χ0n) is 10.4. The van der Waals surface area contributed by atoms with Crippen molar-refractivity contribution in [2.75, 3.05) is 12.3 Å². The summed E-state index contributed by atoms with van der Waals surface area (Å²) >= 11 is 3.32. The van der Waals surface area contributed by atoms with Crippen molar-refractivity contribution in [1.29, 1.82) is 0 Å². The van der Waals surface area contributed by atoms with E-state index in [-0.39, 0.29) is 16.8 Å². The van der Waals surface area contributed by atoms with Gasteiger partial charge in [-0.05, 0) is 37.6 Å². The summed E-state index contributed by atoms with van der Waals surface area (Å²) in [4.78, 5) is 0. The second-order valence-corrected chi connectivity index (χ2v) is 7.86. The highest BCUT2D eigenvalue weighted by atomic mass is 79.9. The van der Waals surface area contributed by atoms with Crippen molar-refractivity contribution in [3.05, 3.63) is 34.1 Å². The average molecular weight is 338 g/mol. The normalized spacial score (nSPS) is 12.1. The third-order valence-electron chi connectivity index (χ3n) is 2.60. The van der Waals surface area contributed by atoms with E-state index in [9.17, 15) is 12.8 Å². The van der Waals surface area contributed by atoms with Gasteiger partial charge in [0.1, 0.15) is 5.82 Å². The SMILES string of the molecule is CC(C)S(=O)(=O)CCNCc1cc(F)ccc1Br. The number of benzene rings is 1. The Bertz CT molecular complexity index is 503. The van der Waals surface area contributed by atoms with Gasteiger partial charge in [-0.25, -0.2) is 12.8 Å². The molecule has 0 amide bonds. The molecule has 0 unspecified atom stereocenters. The molecule has 1 rings (SSSR count). The molecule has 1 aromatic carbocycles. The predicted octanol–water partition coefficient (Wildman–Crippen LogP) is 2.50. The van der Waals surface area contributed by atoms with Gasteiger partial charge in [-0.1, -0.05) is 15.9 Å². The van der Waals surface area contributed by atoms with Crippen molar-refractivity contribution in [2.24, 2.45) is 0 Å². The van der Waals surface area contributed by atoms with E-state index in [0.717, 1.165) is 10.0 Å². The molecule has 0 atom stereocenters. The van der Waals surface area contributed by atoms with Crippen LogP contribution in [0.5, 0.6) is 0 Å². The van der Waals surface area contributed by atoms with Gasteiger partial charge in [-0.2, -0.15) is 0 Å². The minimum absolute atomic E-state index is 0.0948. The van der Waals surface area contributed by atoms with Gasteiger partial charge in [0.05, 0.1) is 11.0 Å². The molecule has 6 heteroatoms. The van der Waals surface area contributed by atoms with E-state index in [1.165, 1.54) is 12.1 Å². The Kier molecular flexibility index (Phi) is 5.75. The first-order valence-electron chi connectivity index (χ1n) is 5.69. The molecule has 0 heterocycles. The maximum absolute atomic E-state index is 13.0. The fourth-order valence-electron chi connectivity index (χ4n) is 1.35. The molecule has 1 N–H and O–H groups in total. The summed E-state index contributed by atoms with van der Waals surface area (Å²) in [7, 11) is -3.02. The Labute approximate surface area is 116 Å². The zero-order valence-corrected chi connectivity index (χ0v) is 12.8. The second kappa shape index (κ2) is 6.63. The van der Waals surface area contributed by atoms with Crippen LogP contribution in [-0.2, 0) is 16.4 Å². The molecule has 0 aliphatic heterocycles. The Morgan fingerprint density at radius 3 is 2.67 bits per heavy atom. The van der Waals surface area contributed by atoms with Gasteiger partial charge in [-0.3, -0.25) is 0 Å². The number of sulfone groups is 1. The molecule has 0 saturated carbocycles. The van der Waals surface area contributed by atoms with Crippen LogP contribution >= 0.6 is 15.9 Å². The topological polar surface area (TPSA) is 46.2 Å². The minimum atomic E-state index is -3.02. The quantitative estimate of drug-likeness (QED) is 0.811. The molecule has 0 aliphatic carbocycles. The van der Waals surface area contributed by atoms with E-state index in [1.54, 1.807) is 19.9 Å². The molecule has 102 valence electrons. The summed E-state index contributed by atoms with van der Waals surface area (Å²) in [6.45, 7) is 4.13. The Morgan fingerprint density at radius 2 is 2.06 bits per heavy atom. The minimum Gasteiger partial charge on any atom is -0.312 e. The Hall–Kier alpha value is -0.460. The van der Waals surface area contributed by atoms with E-state index in [2.05, 4.69) is 21.2 Å². The Morgan fingerprint density at radius 1 is 1.39 bits per heavy atom. The maximum atomic E-state index is 13.0. The van der Waals surface area contributed by atoms with Crippen molar-refractivity contribution < 1.29 is 12.8 Å². The standard InChI is InChI=1S/C12H17BrFNO2S/c1-9(2)18(16,17)6-5-15-8-10-7-11(14)3-4-12(10)13/h3-4,7,9,15H,5-6,8H2,1-2H3. The summed E-state index contributed by atoms with van der Waals surface area (Å²) in [5, 5.41) is 2.64. The lowest BCUT2D eigenvalue weighted by Crippen LogP contribution is -2.27. The van der Waals surface area contributed by atoms with Crippen LogP contribution in [0.15, 0.2) is 22.7 Å². The molecule has 0 radical (unpaired) electrons. The van der Waals surface area contributed by atoms with E-state index in [0.29, 0.717) is 13.1 Å². The zero-order chi connectivity index (χ0) is 13.8. The van der Waals surface area contributed by atoms with Crippen LogP contribution in [0.1, 0.15) is 19.4 Å². The van der Waals surface area contributed by atoms with Gasteiger partial charge < -0.3 is 5.32 Å². The van der Waals surface area contributed by atoms with E-state index in [1.807, 2.05) is 0 Å². The average Bonchev–Trinajstić information content (AvgIpc) is 2.28. The predicted molar refractivity (Wildman–Crippen MR) is 74.7 cm³/mol. The van der Waals surface area contributed by atoms with E-state index in [4.69, 9.17) is 0 Å². The third-order valence-corrected chi connectivity index (χ3v) is 5.59. The van der Waals surface area contributed by atoms with Crippen LogP contribution < -0.4 is 5.32 Å². The van der Waals surface area contributed by atoms with Gasteiger partial charge >= 0.3 is 0 Å². The first-order valence-corrected chi connectivity index (χ1v) is 8.20. The molecule has 0 fully saturated rings. The molecule has 0 aromatic heterocycles. The van der Waals surface area contributed by atoms with Crippen LogP contribution in [0.2, 0.25) is 0 Å². The number of hydrogen-bond donors (Lipinski definition) is 1. The number of nitrogens with one attached hydrogen (secondary N) is 1. The van der Waals surface area contributed by atoms with Crippen LogP contribution in [0.25, 0.3) is 0 Å². The van der Waals surface area contributed by atoms with Crippen molar-refractivity contribution in [2.45, 2.75) is 25.6 Å². The van der Waals surface area contributed by atoms with Crippen LogP contribution in [-0.4, -0.2) is 26.0 Å². The molecule has 0 spiro atoms. The summed E-state index contributed by atoms with van der Waals surface area (Å²) in [5.41, 5.74) is 0.775. The van der Waals surface area contributed by atoms with E-state index >= 15 is 0 Å². The van der Waals surface area contributed by atoms with Crippen LogP contribution in [0.4, 0.5) is 4.39 Å². The lowest BCUT2D eigenvalue weighted by Gasteiger charge is -2.09. The van der Waals surface area contributed by atoms with Gasteiger partial charge in [-0.15, -0.1) is 0 Å². The van der Waals surface area contributed by atoms with E-state index < -0.39 is 9.84 Å². The maximum Gasteiger partial charge on any atom is 0.153 e. The van der Waals surface area contributed by atoms with Gasteiger partial charge in [0.2, 0.25) is 0 Å². The van der Waals surface area contributed by atoms with Crippen molar-refractivity contribution >= 4 is 25.8 Å². The lowest BCUT2D eigenvalue weighted by molar-refractivity contribution is 0.581. The summed E-state index contributed by atoms with van der Waals surface area (Å²) < 4.78 is 36.9. The molecule has 0 aliphatic rings. The highest BCUT2D eigenvalue weighted by Crippen LogP contribution is 2.17. The number of halogens is 2. The fourth-order valence-corrected chi connectivity index (χ4v) is 2.64. The molecular formula is C12H17BrFNO2S. The monoisotopic (exact) mass is 337 g/mol. The highest BCUT2D eigenvalue weighted by Gasteiger charge is 2.14. The molecule has 0 saturated heterocycles. The summed E-state index contributed by atoms with van der Waals surface area (Å²) in [5.74, 6) is -0.206. The fraction of sp³-hybridized carbons (Fsp3) is 0.500. The molecule has 18 heavy (non-hydrogen) atoms. The number of hydrogen-bond acceptors (Lipinski definition) is 3. The molecule has 0 bridgehead atoms. The smallest absolute Gasteiger partial charge is 0.153 e. The van der Waals surface area contributed by atoms with Crippen LogP contribution in [0, 0.1) is 5.82 Å². The third kappa shape index (κ3) is 4.66. The molecule has 3 nitrogen and oxygen atoms in total.